The van der Waals surface area contributed by atoms with Crippen LogP contribution in [0.4, 0.5) is 0 Å². The van der Waals surface area contributed by atoms with Gasteiger partial charge in [-0.2, -0.15) is 5.10 Å². The monoisotopic (exact) mass is 435 g/mol. The normalized spacial score (nSPS) is 11.4. The number of aromatic nitrogens is 2. The van der Waals surface area contributed by atoms with Crippen LogP contribution in [0.15, 0.2) is 77.6 Å². The molecule has 0 aliphatic carbocycles. The first kappa shape index (κ1) is 22.7. The number of hydrogen-bond donors (Lipinski definition) is 1. The number of esters is 1. The zero-order valence-electron chi connectivity index (χ0n) is 17.8. The minimum atomic E-state index is -0.998. The van der Waals surface area contributed by atoms with Gasteiger partial charge in [0.2, 0.25) is 0 Å². The molecule has 32 heavy (non-hydrogen) atoms. The average molecular weight is 435 g/mol. The van der Waals surface area contributed by atoms with Crippen LogP contribution in [0, 0.1) is 0 Å². The van der Waals surface area contributed by atoms with Crippen molar-refractivity contribution in [2.45, 2.75) is 26.0 Å². The minimum Gasteiger partial charge on any atom is -0.492 e. The quantitative estimate of drug-likeness (QED) is 0.490. The largest absolute Gasteiger partial charge is 0.492 e. The molecule has 0 fully saturated rings. The molecule has 0 spiro atoms. The van der Waals surface area contributed by atoms with Crippen LogP contribution < -0.4 is 15.6 Å². The summed E-state index contributed by atoms with van der Waals surface area (Å²) < 4.78 is 11.9. The predicted molar refractivity (Wildman–Crippen MR) is 118 cm³/mol. The fraction of sp³-hybridized carbons (Fsp3) is 0.250. The van der Waals surface area contributed by atoms with Gasteiger partial charge in [0.05, 0.1) is 6.54 Å². The molecule has 1 heterocycles. The Morgan fingerprint density at radius 2 is 1.69 bits per heavy atom. The van der Waals surface area contributed by atoms with Gasteiger partial charge in [0.1, 0.15) is 12.4 Å². The Morgan fingerprint density at radius 1 is 1.00 bits per heavy atom. The number of nitrogens with zero attached hydrogens (tertiary/aromatic N) is 2. The molecule has 1 aromatic heterocycles. The second kappa shape index (κ2) is 11.5. The van der Waals surface area contributed by atoms with E-state index in [9.17, 15) is 14.4 Å². The first-order chi connectivity index (χ1) is 15.5. The van der Waals surface area contributed by atoms with Crippen LogP contribution in [0.2, 0.25) is 0 Å². The highest BCUT2D eigenvalue weighted by atomic mass is 16.5. The lowest BCUT2D eigenvalue weighted by atomic mass is 10.1. The summed E-state index contributed by atoms with van der Waals surface area (Å²) in [5, 5.41) is 6.78. The maximum Gasteiger partial charge on any atom is 0.359 e. The van der Waals surface area contributed by atoms with Gasteiger partial charge in [-0.25, -0.2) is 9.48 Å². The van der Waals surface area contributed by atoms with Gasteiger partial charge < -0.3 is 14.8 Å². The van der Waals surface area contributed by atoms with Crippen LogP contribution in [0.5, 0.6) is 5.75 Å². The summed E-state index contributed by atoms with van der Waals surface area (Å²) in [6.07, 6.45) is -0.327. The highest BCUT2D eigenvalue weighted by Crippen LogP contribution is 2.08. The molecule has 3 rings (SSSR count). The van der Waals surface area contributed by atoms with Crippen molar-refractivity contribution in [3.8, 4) is 5.75 Å². The molecule has 1 N–H and O–H groups in total. The lowest BCUT2D eigenvalue weighted by Gasteiger charge is -2.14. The maximum absolute atomic E-state index is 12.4. The fourth-order valence-corrected chi connectivity index (χ4v) is 2.88. The zero-order chi connectivity index (χ0) is 22.8. The lowest BCUT2D eigenvalue weighted by molar-refractivity contribution is -0.129. The minimum absolute atomic E-state index is 0.0618. The van der Waals surface area contributed by atoms with Crippen LogP contribution in [0.25, 0.3) is 0 Å². The summed E-state index contributed by atoms with van der Waals surface area (Å²) in [7, 11) is 0. The molecule has 0 saturated heterocycles. The van der Waals surface area contributed by atoms with Gasteiger partial charge in [0.25, 0.3) is 11.5 Å². The summed E-state index contributed by atoms with van der Waals surface area (Å²) >= 11 is 0. The second-order valence-electron chi connectivity index (χ2n) is 7.02. The number of carbonyl (C=O) groups is 2. The molecule has 0 bridgehead atoms. The van der Waals surface area contributed by atoms with Crippen LogP contribution in [-0.4, -0.2) is 40.9 Å². The van der Waals surface area contributed by atoms with E-state index in [-0.39, 0.29) is 24.4 Å². The average Bonchev–Trinajstić information content (AvgIpc) is 2.81. The number of nitrogens with one attached hydrogen (secondary N) is 1. The van der Waals surface area contributed by atoms with Crippen LogP contribution in [0.1, 0.15) is 23.0 Å². The standard InChI is InChI=1S/C24H25N3O5/c1-18(23(29)25-15-14-19-8-4-2-5-9-19)32-24(30)21-12-13-22(28)27(26-21)16-17-31-20-10-6-3-7-11-20/h2-13,18H,14-17H2,1H3,(H,25,29). The van der Waals surface area contributed by atoms with Crippen molar-refractivity contribution < 1.29 is 19.1 Å². The number of para-hydroxylation sites is 1. The van der Waals surface area contributed by atoms with Gasteiger partial charge in [-0.3, -0.25) is 9.59 Å². The third-order valence-corrected chi connectivity index (χ3v) is 4.60. The number of amides is 1. The molecule has 0 aliphatic heterocycles. The van der Waals surface area contributed by atoms with E-state index in [4.69, 9.17) is 9.47 Å². The molecule has 0 aliphatic rings. The van der Waals surface area contributed by atoms with Gasteiger partial charge in [-0.15, -0.1) is 0 Å². The van der Waals surface area contributed by atoms with Gasteiger partial charge >= 0.3 is 5.97 Å². The molecule has 1 amide bonds. The third-order valence-electron chi connectivity index (χ3n) is 4.60. The fourth-order valence-electron chi connectivity index (χ4n) is 2.88. The Balaban J connectivity index is 1.49. The number of ether oxygens (including phenoxy) is 2. The molecule has 1 unspecified atom stereocenters. The SMILES string of the molecule is CC(OC(=O)c1ccc(=O)n(CCOc2ccccc2)n1)C(=O)NCCc1ccccc1. The molecule has 2 aromatic carbocycles. The van der Waals surface area contributed by atoms with E-state index < -0.39 is 18.0 Å². The van der Waals surface area contributed by atoms with Gasteiger partial charge in [0.15, 0.2) is 11.8 Å². The molecule has 0 saturated carbocycles. The summed E-state index contributed by atoms with van der Waals surface area (Å²) in [6, 6.07) is 21.4. The Bertz CT molecular complexity index is 1080. The Kier molecular flexibility index (Phi) is 8.14. The van der Waals surface area contributed by atoms with Crippen molar-refractivity contribution in [1.82, 2.24) is 15.1 Å². The summed E-state index contributed by atoms with van der Waals surface area (Å²) in [4.78, 5) is 36.6. The van der Waals surface area contributed by atoms with E-state index in [1.807, 2.05) is 48.5 Å². The molecule has 8 nitrogen and oxygen atoms in total. The van der Waals surface area contributed by atoms with Gasteiger partial charge in [-0.05, 0) is 37.1 Å². The molecule has 166 valence electrons. The highest BCUT2D eigenvalue weighted by Gasteiger charge is 2.20. The predicted octanol–water partition coefficient (Wildman–Crippen LogP) is 2.23. The Morgan fingerprint density at radius 3 is 2.41 bits per heavy atom. The third kappa shape index (κ3) is 6.80. The molecular formula is C24H25N3O5. The van der Waals surface area contributed by atoms with Crippen molar-refractivity contribution >= 4 is 11.9 Å². The number of benzene rings is 2. The van der Waals surface area contributed by atoms with Crippen LogP contribution in [-0.2, 0) is 22.5 Å². The van der Waals surface area contributed by atoms with Crippen LogP contribution >= 0.6 is 0 Å². The summed E-state index contributed by atoms with van der Waals surface area (Å²) in [5.74, 6) is -0.518. The first-order valence-corrected chi connectivity index (χ1v) is 10.3. The van der Waals surface area contributed by atoms with E-state index in [1.54, 1.807) is 12.1 Å². The van der Waals surface area contributed by atoms with Gasteiger partial charge in [0, 0.05) is 12.6 Å². The van der Waals surface area contributed by atoms with Crippen molar-refractivity contribution in [2.75, 3.05) is 13.2 Å². The van der Waals surface area contributed by atoms with E-state index >= 15 is 0 Å². The number of hydrogen-bond acceptors (Lipinski definition) is 6. The summed E-state index contributed by atoms with van der Waals surface area (Å²) in [6.45, 7) is 2.27. The smallest absolute Gasteiger partial charge is 0.359 e. The van der Waals surface area contributed by atoms with Crippen molar-refractivity contribution in [3.05, 3.63) is 94.4 Å². The lowest BCUT2D eigenvalue weighted by Crippen LogP contribution is -2.37. The van der Waals surface area contributed by atoms with E-state index in [0.29, 0.717) is 18.7 Å². The highest BCUT2D eigenvalue weighted by molar-refractivity contribution is 5.90. The maximum atomic E-state index is 12.4. The second-order valence-corrected chi connectivity index (χ2v) is 7.02. The molecular weight excluding hydrogens is 410 g/mol. The van der Waals surface area contributed by atoms with Crippen molar-refractivity contribution in [1.29, 1.82) is 0 Å². The molecule has 8 heteroatoms. The van der Waals surface area contributed by atoms with E-state index in [0.717, 1.165) is 10.2 Å². The topological polar surface area (TPSA) is 99.5 Å². The zero-order valence-corrected chi connectivity index (χ0v) is 17.8. The first-order valence-electron chi connectivity index (χ1n) is 10.3. The number of carbonyl (C=O) groups excluding carboxylic acids is 2. The summed E-state index contributed by atoms with van der Waals surface area (Å²) in [5.41, 5.74) is 0.665. The Labute approximate surface area is 185 Å². The van der Waals surface area contributed by atoms with E-state index in [2.05, 4.69) is 10.4 Å². The van der Waals surface area contributed by atoms with Crippen LogP contribution in [0.3, 0.4) is 0 Å². The molecule has 3 aromatic rings. The Hall–Kier alpha value is -3.94. The van der Waals surface area contributed by atoms with Gasteiger partial charge in [-0.1, -0.05) is 48.5 Å². The molecule has 1 atom stereocenters. The molecule has 0 radical (unpaired) electrons. The van der Waals surface area contributed by atoms with E-state index in [1.165, 1.54) is 19.1 Å². The van der Waals surface area contributed by atoms with Crippen molar-refractivity contribution in [2.24, 2.45) is 0 Å². The number of rotatable bonds is 10. The van der Waals surface area contributed by atoms with Crippen molar-refractivity contribution in [3.63, 3.8) is 0 Å².